The maximum Gasteiger partial charge on any atom is 0.0834 e. The second kappa shape index (κ2) is 8.80. The van der Waals surface area contributed by atoms with Crippen molar-refractivity contribution in [1.82, 2.24) is 15.1 Å². The highest BCUT2D eigenvalue weighted by Crippen LogP contribution is 2.26. The zero-order valence-electron chi connectivity index (χ0n) is 11.3. The van der Waals surface area contributed by atoms with E-state index < -0.39 is 0 Å². The molecule has 6 heteroatoms. The van der Waals surface area contributed by atoms with Gasteiger partial charge in [0, 0.05) is 7.11 Å². The fourth-order valence-electron chi connectivity index (χ4n) is 1.89. The lowest BCUT2D eigenvalue weighted by Crippen LogP contribution is -2.25. The van der Waals surface area contributed by atoms with Gasteiger partial charge < -0.3 is 10.1 Å². The first kappa shape index (κ1) is 15.8. The van der Waals surface area contributed by atoms with Crippen LogP contribution in [0.25, 0.3) is 0 Å². The van der Waals surface area contributed by atoms with Crippen LogP contribution in [0, 0.1) is 0 Å². The lowest BCUT2D eigenvalue weighted by atomic mass is 10.1. The molecule has 18 heavy (non-hydrogen) atoms. The molecule has 104 valence electrons. The molecular weight excluding hydrogens is 270 g/mol. The first-order valence-corrected chi connectivity index (χ1v) is 7.94. The minimum atomic E-state index is 0.259. The van der Waals surface area contributed by atoms with Crippen LogP contribution in [0.3, 0.4) is 0 Å². The van der Waals surface area contributed by atoms with Crippen LogP contribution < -0.4 is 5.32 Å². The lowest BCUT2D eigenvalue weighted by molar-refractivity contribution is 0.181. The number of aromatic nitrogens is 2. The third-order valence-electron chi connectivity index (χ3n) is 2.73. The monoisotopic (exact) mass is 291 g/mol. The standard InChI is InChI=1S/C12H22ClN3OS/c1-4-14-11(5-8-18-3)12-10(13)9-15-16(12)6-7-17-2/h9,11,14H,4-8H2,1-3H3. The van der Waals surface area contributed by atoms with Gasteiger partial charge in [0.05, 0.1) is 36.1 Å². The van der Waals surface area contributed by atoms with Gasteiger partial charge in [0.2, 0.25) is 0 Å². The van der Waals surface area contributed by atoms with Gasteiger partial charge in [-0.15, -0.1) is 0 Å². The number of methoxy groups -OCH3 is 1. The SMILES string of the molecule is CCNC(CCSC)c1c(Cl)cnn1CCOC. The van der Waals surface area contributed by atoms with Gasteiger partial charge in [0.1, 0.15) is 0 Å². The number of nitrogens with zero attached hydrogens (tertiary/aromatic N) is 2. The van der Waals surface area contributed by atoms with E-state index in [1.165, 1.54) is 0 Å². The molecule has 0 aliphatic rings. The molecule has 1 heterocycles. The van der Waals surface area contributed by atoms with Crippen LogP contribution in [-0.2, 0) is 11.3 Å². The highest BCUT2D eigenvalue weighted by molar-refractivity contribution is 7.98. The number of ether oxygens (including phenoxy) is 1. The molecule has 0 aliphatic carbocycles. The Morgan fingerprint density at radius 3 is 3.00 bits per heavy atom. The summed E-state index contributed by atoms with van der Waals surface area (Å²) in [5.41, 5.74) is 1.07. The Morgan fingerprint density at radius 2 is 2.39 bits per heavy atom. The Kier molecular flexibility index (Phi) is 7.74. The molecule has 0 aliphatic heterocycles. The second-order valence-corrected chi connectivity index (χ2v) is 5.38. The molecule has 0 aromatic carbocycles. The predicted molar refractivity (Wildman–Crippen MR) is 78.5 cm³/mol. The molecule has 1 unspecified atom stereocenters. The molecule has 0 bridgehead atoms. The number of rotatable bonds is 9. The largest absolute Gasteiger partial charge is 0.383 e. The summed E-state index contributed by atoms with van der Waals surface area (Å²) in [7, 11) is 1.69. The molecule has 4 nitrogen and oxygen atoms in total. The maximum absolute atomic E-state index is 6.26. The maximum atomic E-state index is 6.26. The highest BCUT2D eigenvalue weighted by atomic mass is 35.5. The molecule has 0 amide bonds. The lowest BCUT2D eigenvalue weighted by Gasteiger charge is -2.19. The summed E-state index contributed by atoms with van der Waals surface area (Å²) < 4.78 is 7.05. The third-order valence-corrected chi connectivity index (χ3v) is 3.67. The van der Waals surface area contributed by atoms with Crippen molar-refractivity contribution in [3.8, 4) is 0 Å². The van der Waals surface area contributed by atoms with Crippen LogP contribution in [0.5, 0.6) is 0 Å². The molecule has 0 saturated heterocycles. The van der Waals surface area contributed by atoms with Crippen molar-refractivity contribution in [3.05, 3.63) is 16.9 Å². The van der Waals surface area contributed by atoms with Gasteiger partial charge in [-0.3, -0.25) is 4.68 Å². The van der Waals surface area contributed by atoms with Crippen LogP contribution in [-0.4, -0.2) is 42.1 Å². The quantitative estimate of drug-likeness (QED) is 0.759. The van der Waals surface area contributed by atoms with E-state index >= 15 is 0 Å². The van der Waals surface area contributed by atoms with Crippen LogP contribution in [0.2, 0.25) is 5.02 Å². The molecule has 1 aromatic heterocycles. The van der Waals surface area contributed by atoms with Gasteiger partial charge >= 0.3 is 0 Å². The summed E-state index contributed by atoms with van der Waals surface area (Å²) in [6.07, 6.45) is 4.89. The number of hydrogen-bond donors (Lipinski definition) is 1. The van der Waals surface area contributed by atoms with Crippen molar-refractivity contribution in [2.24, 2.45) is 0 Å². The number of hydrogen-bond acceptors (Lipinski definition) is 4. The van der Waals surface area contributed by atoms with Crippen LogP contribution >= 0.6 is 23.4 Å². The zero-order chi connectivity index (χ0) is 13.4. The molecule has 0 radical (unpaired) electrons. The number of thioether (sulfide) groups is 1. The van der Waals surface area contributed by atoms with Gasteiger partial charge in [-0.05, 0) is 25.0 Å². The number of nitrogens with one attached hydrogen (secondary N) is 1. The van der Waals surface area contributed by atoms with Crippen molar-refractivity contribution < 1.29 is 4.74 Å². The summed E-state index contributed by atoms with van der Waals surface area (Å²) >= 11 is 8.11. The van der Waals surface area contributed by atoms with E-state index in [9.17, 15) is 0 Å². The molecule has 1 atom stereocenters. The average molecular weight is 292 g/mol. The first-order valence-electron chi connectivity index (χ1n) is 6.17. The van der Waals surface area contributed by atoms with E-state index in [2.05, 4.69) is 23.6 Å². The highest BCUT2D eigenvalue weighted by Gasteiger charge is 2.19. The summed E-state index contributed by atoms with van der Waals surface area (Å²) in [6.45, 7) is 4.41. The van der Waals surface area contributed by atoms with E-state index in [-0.39, 0.29) is 6.04 Å². The van der Waals surface area contributed by atoms with Crippen LogP contribution in [0.1, 0.15) is 25.1 Å². The Hall–Kier alpha value is -0.230. The minimum Gasteiger partial charge on any atom is -0.383 e. The predicted octanol–water partition coefficient (Wildman–Crippen LogP) is 2.59. The van der Waals surface area contributed by atoms with Crippen molar-refractivity contribution in [1.29, 1.82) is 0 Å². The van der Waals surface area contributed by atoms with Gasteiger partial charge in [-0.2, -0.15) is 16.9 Å². The van der Waals surface area contributed by atoms with Crippen molar-refractivity contribution in [3.63, 3.8) is 0 Å². The molecule has 1 rings (SSSR count). The Morgan fingerprint density at radius 1 is 1.61 bits per heavy atom. The van der Waals surface area contributed by atoms with Gasteiger partial charge in [-0.25, -0.2) is 0 Å². The Labute approximate surface area is 118 Å². The van der Waals surface area contributed by atoms with Crippen LogP contribution in [0.15, 0.2) is 6.20 Å². The molecule has 0 spiro atoms. The number of halogens is 1. The molecular formula is C12H22ClN3OS. The van der Waals surface area contributed by atoms with Gasteiger partial charge in [0.15, 0.2) is 0 Å². The summed E-state index contributed by atoms with van der Waals surface area (Å²) in [4.78, 5) is 0. The first-order chi connectivity index (χ1) is 8.74. The topological polar surface area (TPSA) is 39.1 Å². The normalized spacial score (nSPS) is 12.9. The molecule has 1 aromatic rings. The smallest absolute Gasteiger partial charge is 0.0834 e. The molecule has 0 fully saturated rings. The van der Waals surface area contributed by atoms with Crippen LogP contribution in [0.4, 0.5) is 0 Å². The second-order valence-electron chi connectivity index (χ2n) is 3.99. The zero-order valence-corrected chi connectivity index (χ0v) is 12.9. The van der Waals surface area contributed by atoms with E-state index in [4.69, 9.17) is 16.3 Å². The third kappa shape index (κ3) is 4.46. The van der Waals surface area contributed by atoms with E-state index in [0.29, 0.717) is 6.61 Å². The Bertz CT molecular complexity index is 346. The average Bonchev–Trinajstić information content (AvgIpc) is 2.73. The van der Waals surface area contributed by atoms with E-state index in [1.807, 2.05) is 16.4 Å². The summed E-state index contributed by atoms with van der Waals surface area (Å²) in [6, 6.07) is 0.259. The van der Waals surface area contributed by atoms with Gasteiger partial charge in [-0.1, -0.05) is 18.5 Å². The van der Waals surface area contributed by atoms with E-state index in [0.717, 1.165) is 36.0 Å². The van der Waals surface area contributed by atoms with Crippen molar-refractivity contribution in [2.75, 3.05) is 32.3 Å². The fraction of sp³-hybridized carbons (Fsp3) is 0.750. The van der Waals surface area contributed by atoms with E-state index in [1.54, 1.807) is 13.3 Å². The summed E-state index contributed by atoms with van der Waals surface area (Å²) in [5, 5.41) is 8.53. The molecule has 1 N–H and O–H groups in total. The fourth-order valence-corrected chi connectivity index (χ4v) is 2.64. The van der Waals surface area contributed by atoms with Gasteiger partial charge in [0.25, 0.3) is 0 Å². The minimum absolute atomic E-state index is 0.259. The Balaban J connectivity index is 2.83. The molecule has 0 saturated carbocycles. The van der Waals surface area contributed by atoms with Crippen molar-refractivity contribution >= 4 is 23.4 Å². The summed E-state index contributed by atoms with van der Waals surface area (Å²) in [5.74, 6) is 1.10. The van der Waals surface area contributed by atoms with Crippen molar-refractivity contribution in [2.45, 2.75) is 25.9 Å².